The number of carbonyl (C=O) groups is 1. The van der Waals surface area contributed by atoms with Crippen LogP contribution in [0.25, 0.3) is 0 Å². The number of benzene rings is 1. The summed E-state index contributed by atoms with van der Waals surface area (Å²) in [5.41, 5.74) is 2.11. The second kappa shape index (κ2) is 8.49. The molecule has 1 aromatic carbocycles. The first-order valence-corrected chi connectivity index (χ1v) is 11.3. The van der Waals surface area contributed by atoms with E-state index in [4.69, 9.17) is 0 Å². The topological polar surface area (TPSA) is 71.4 Å². The van der Waals surface area contributed by atoms with Crippen LogP contribution in [0.2, 0.25) is 0 Å². The number of piperidine rings is 1. The van der Waals surface area contributed by atoms with Crippen molar-refractivity contribution in [2.45, 2.75) is 43.9 Å². The van der Waals surface area contributed by atoms with E-state index >= 15 is 0 Å². The van der Waals surface area contributed by atoms with Gasteiger partial charge in [-0.15, -0.1) is 0 Å². The van der Waals surface area contributed by atoms with Crippen LogP contribution >= 0.6 is 0 Å². The monoisotopic (exact) mass is 403 g/mol. The van der Waals surface area contributed by atoms with Crippen molar-refractivity contribution in [2.75, 3.05) is 19.6 Å². The lowest BCUT2D eigenvalue weighted by atomic mass is 10.0. The van der Waals surface area contributed by atoms with Gasteiger partial charge in [0.25, 0.3) is 5.91 Å². The molecular weight excluding hydrogens is 374 g/mol. The van der Waals surface area contributed by atoms with Gasteiger partial charge in [-0.1, -0.05) is 43.7 Å². The standard InChI is InChI=1S/C21H29N3O3S/c1-16(18-10-6-4-7-11-18)15-22-21(25)19-14-20(17(2)23(19)3)28(26,27)24-12-8-5-9-13-24/h4,6-7,10-11,14,16H,5,8-9,12-13,15H2,1-3H3,(H,22,25)/t16-/m0/s1. The highest BCUT2D eigenvalue weighted by atomic mass is 32.2. The summed E-state index contributed by atoms with van der Waals surface area (Å²) in [6.45, 7) is 5.39. The molecule has 1 amide bonds. The molecule has 1 aliphatic heterocycles. The van der Waals surface area contributed by atoms with Gasteiger partial charge in [0.05, 0.1) is 0 Å². The number of hydrogen-bond acceptors (Lipinski definition) is 3. The molecule has 1 aromatic heterocycles. The summed E-state index contributed by atoms with van der Waals surface area (Å²) in [7, 11) is -1.83. The van der Waals surface area contributed by atoms with Crippen molar-refractivity contribution in [2.24, 2.45) is 7.05 Å². The quantitative estimate of drug-likeness (QED) is 0.806. The number of sulfonamides is 1. The highest BCUT2D eigenvalue weighted by Crippen LogP contribution is 2.26. The average molecular weight is 404 g/mol. The zero-order valence-corrected chi connectivity index (χ0v) is 17.6. The van der Waals surface area contributed by atoms with Gasteiger partial charge in [0.2, 0.25) is 10.0 Å². The average Bonchev–Trinajstić information content (AvgIpc) is 3.03. The number of nitrogens with one attached hydrogen (secondary N) is 1. The molecule has 2 heterocycles. The molecule has 0 unspecified atom stereocenters. The smallest absolute Gasteiger partial charge is 0.267 e. The maximum atomic E-state index is 13.0. The van der Waals surface area contributed by atoms with E-state index in [2.05, 4.69) is 12.2 Å². The third-order valence-electron chi connectivity index (χ3n) is 5.59. The second-order valence-corrected chi connectivity index (χ2v) is 9.43. The van der Waals surface area contributed by atoms with Crippen LogP contribution in [0.5, 0.6) is 0 Å². The van der Waals surface area contributed by atoms with E-state index in [1.807, 2.05) is 30.3 Å². The van der Waals surface area contributed by atoms with Crippen molar-refractivity contribution in [1.29, 1.82) is 0 Å². The summed E-state index contributed by atoms with van der Waals surface area (Å²) >= 11 is 0. The van der Waals surface area contributed by atoms with Gasteiger partial charge in [0.1, 0.15) is 10.6 Å². The first kappa shape index (κ1) is 20.6. The molecule has 2 aromatic rings. The zero-order valence-electron chi connectivity index (χ0n) is 16.8. The molecule has 1 saturated heterocycles. The summed E-state index contributed by atoms with van der Waals surface area (Å²) in [5, 5.41) is 2.94. The van der Waals surface area contributed by atoms with E-state index < -0.39 is 10.0 Å². The van der Waals surface area contributed by atoms with Crippen LogP contribution in [-0.4, -0.2) is 42.8 Å². The molecular formula is C21H29N3O3S. The van der Waals surface area contributed by atoms with Gasteiger partial charge in [-0.2, -0.15) is 4.31 Å². The maximum absolute atomic E-state index is 13.0. The fourth-order valence-electron chi connectivity index (χ4n) is 3.63. The number of rotatable bonds is 6. The van der Waals surface area contributed by atoms with Gasteiger partial charge in [-0.25, -0.2) is 8.42 Å². The fraction of sp³-hybridized carbons (Fsp3) is 0.476. The Morgan fingerprint density at radius 3 is 2.43 bits per heavy atom. The zero-order chi connectivity index (χ0) is 20.3. The number of hydrogen-bond donors (Lipinski definition) is 1. The summed E-state index contributed by atoms with van der Waals surface area (Å²) in [5.74, 6) is -0.0865. The Balaban J connectivity index is 1.76. The number of amides is 1. The normalized spacial score (nSPS) is 16.7. The molecule has 6 nitrogen and oxygen atoms in total. The first-order valence-electron chi connectivity index (χ1n) is 9.82. The van der Waals surface area contributed by atoms with Crippen molar-refractivity contribution in [3.63, 3.8) is 0 Å². The molecule has 0 aliphatic carbocycles. The summed E-state index contributed by atoms with van der Waals surface area (Å²) < 4.78 is 29.3. The van der Waals surface area contributed by atoms with Crippen LogP contribution in [0.1, 0.15) is 53.8 Å². The first-order chi connectivity index (χ1) is 13.3. The van der Waals surface area contributed by atoms with Gasteiger partial charge in [-0.05, 0) is 37.3 Å². The van der Waals surface area contributed by atoms with Crippen LogP contribution in [-0.2, 0) is 17.1 Å². The fourth-order valence-corrected chi connectivity index (χ4v) is 5.42. The molecule has 28 heavy (non-hydrogen) atoms. The number of aromatic nitrogens is 1. The Morgan fingerprint density at radius 2 is 1.79 bits per heavy atom. The highest BCUT2D eigenvalue weighted by molar-refractivity contribution is 7.89. The third-order valence-corrected chi connectivity index (χ3v) is 7.61. The van der Waals surface area contributed by atoms with Crippen molar-refractivity contribution >= 4 is 15.9 Å². The Kier molecular flexibility index (Phi) is 6.25. The van der Waals surface area contributed by atoms with E-state index in [9.17, 15) is 13.2 Å². The van der Waals surface area contributed by atoms with E-state index in [0.717, 1.165) is 24.8 Å². The lowest BCUT2D eigenvalue weighted by Gasteiger charge is -2.25. The Bertz CT molecular complexity index is 929. The molecule has 0 bridgehead atoms. The van der Waals surface area contributed by atoms with Crippen LogP contribution in [0.3, 0.4) is 0 Å². The predicted octanol–water partition coefficient (Wildman–Crippen LogP) is 3.04. The molecule has 7 heteroatoms. The van der Waals surface area contributed by atoms with E-state index in [1.165, 1.54) is 10.4 Å². The van der Waals surface area contributed by atoms with Gasteiger partial charge < -0.3 is 9.88 Å². The summed E-state index contributed by atoms with van der Waals surface area (Å²) in [4.78, 5) is 13.0. The molecule has 3 rings (SSSR count). The van der Waals surface area contributed by atoms with Crippen molar-refractivity contribution in [3.8, 4) is 0 Å². The van der Waals surface area contributed by atoms with Crippen molar-refractivity contribution in [1.82, 2.24) is 14.2 Å². The van der Waals surface area contributed by atoms with E-state index in [0.29, 0.717) is 31.0 Å². The lowest BCUT2D eigenvalue weighted by Crippen LogP contribution is -2.35. The Hall–Kier alpha value is -2.12. The van der Waals surface area contributed by atoms with Crippen LogP contribution in [0, 0.1) is 6.92 Å². The molecule has 1 N–H and O–H groups in total. The third kappa shape index (κ3) is 4.15. The summed E-state index contributed by atoms with van der Waals surface area (Å²) in [6, 6.07) is 11.5. The summed E-state index contributed by atoms with van der Waals surface area (Å²) in [6.07, 6.45) is 2.83. The van der Waals surface area contributed by atoms with Crippen LogP contribution < -0.4 is 5.32 Å². The largest absolute Gasteiger partial charge is 0.350 e. The van der Waals surface area contributed by atoms with Crippen molar-refractivity contribution in [3.05, 3.63) is 53.3 Å². The Labute approximate surface area is 167 Å². The minimum atomic E-state index is -3.57. The van der Waals surface area contributed by atoms with Crippen molar-refractivity contribution < 1.29 is 13.2 Å². The van der Waals surface area contributed by atoms with Crippen LogP contribution in [0.4, 0.5) is 0 Å². The molecule has 1 fully saturated rings. The highest BCUT2D eigenvalue weighted by Gasteiger charge is 2.30. The Morgan fingerprint density at radius 1 is 1.14 bits per heavy atom. The second-order valence-electron chi connectivity index (χ2n) is 7.52. The maximum Gasteiger partial charge on any atom is 0.267 e. The van der Waals surface area contributed by atoms with Crippen LogP contribution in [0.15, 0.2) is 41.3 Å². The molecule has 0 radical (unpaired) electrons. The SMILES string of the molecule is Cc1c(S(=O)(=O)N2CCCCC2)cc(C(=O)NC[C@H](C)c2ccccc2)n1C. The van der Waals surface area contributed by atoms with Gasteiger partial charge >= 0.3 is 0 Å². The lowest BCUT2D eigenvalue weighted by molar-refractivity contribution is 0.0943. The van der Waals surface area contributed by atoms with Gasteiger partial charge in [0, 0.05) is 32.4 Å². The predicted molar refractivity (Wildman–Crippen MR) is 110 cm³/mol. The minimum Gasteiger partial charge on any atom is -0.350 e. The van der Waals surface area contributed by atoms with Gasteiger partial charge in [0.15, 0.2) is 0 Å². The molecule has 152 valence electrons. The molecule has 1 atom stereocenters. The van der Waals surface area contributed by atoms with Gasteiger partial charge in [-0.3, -0.25) is 4.79 Å². The number of carbonyl (C=O) groups excluding carboxylic acids is 1. The molecule has 0 spiro atoms. The molecule has 1 aliphatic rings. The molecule has 0 saturated carbocycles. The van der Waals surface area contributed by atoms with E-state index in [-0.39, 0.29) is 16.7 Å². The minimum absolute atomic E-state index is 0.170. The number of nitrogens with zero attached hydrogens (tertiary/aromatic N) is 2. The van der Waals surface area contributed by atoms with E-state index in [1.54, 1.807) is 18.5 Å².